The minimum Gasteiger partial charge on any atom is -0.367 e. The lowest BCUT2D eigenvalue weighted by atomic mass is 9.94. The molecule has 1 aromatic rings. The van der Waals surface area contributed by atoms with Crippen molar-refractivity contribution in [2.75, 3.05) is 13.1 Å². The van der Waals surface area contributed by atoms with Gasteiger partial charge in [-0.15, -0.1) is 0 Å². The van der Waals surface area contributed by atoms with E-state index in [-0.39, 0.29) is 11.7 Å². The monoisotopic (exact) mass is 269 g/mol. The van der Waals surface area contributed by atoms with Crippen LogP contribution >= 0.6 is 0 Å². The molecule has 2 nitrogen and oxygen atoms in total. The van der Waals surface area contributed by atoms with E-state index < -0.39 is 17.7 Å². The molecule has 2 unspecified atom stereocenters. The van der Waals surface area contributed by atoms with Crippen LogP contribution in [0.15, 0.2) is 18.2 Å². The summed E-state index contributed by atoms with van der Waals surface area (Å²) in [4.78, 5) is 0. The zero-order valence-corrected chi connectivity index (χ0v) is 11.5. The minimum absolute atomic E-state index is 0.0211. The third-order valence-electron chi connectivity index (χ3n) is 3.91. The summed E-state index contributed by atoms with van der Waals surface area (Å²) >= 11 is 0. The molecule has 106 valence electrons. The number of ether oxygens (including phenoxy) is 1. The SMILES string of the molecule is CCC(CC)C1CNCC(c2c(F)cccc2F)O1. The van der Waals surface area contributed by atoms with Crippen LogP contribution in [0.2, 0.25) is 0 Å². The van der Waals surface area contributed by atoms with Crippen LogP contribution in [0.5, 0.6) is 0 Å². The zero-order chi connectivity index (χ0) is 13.8. The van der Waals surface area contributed by atoms with E-state index in [1.54, 1.807) is 0 Å². The fourth-order valence-corrected chi connectivity index (χ4v) is 2.74. The second-order valence-corrected chi connectivity index (χ2v) is 5.03. The molecule has 1 heterocycles. The number of nitrogens with one attached hydrogen (secondary N) is 1. The molecule has 0 radical (unpaired) electrons. The molecule has 1 aromatic carbocycles. The van der Waals surface area contributed by atoms with Crippen molar-refractivity contribution in [3.63, 3.8) is 0 Å². The van der Waals surface area contributed by atoms with Gasteiger partial charge in [0.2, 0.25) is 0 Å². The molecule has 2 rings (SSSR count). The van der Waals surface area contributed by atoms with Crippen LogP contribution in [-0.4, -0.2) is 19.2 Å². The molecule has 0 spiro atoms. The van der Waals surface area contributed by atoms with Crippen molar-refractivity contribution >= 4 is 0 Å². The molecule has 0 aromatic heterocycles. The molecule has 2 atom stereocenters. The molecule has 4 heteroatoms. The van der Waals surface area contributed by atoms with Gasteiger partial charge in [-0.2, -0.15) is 0 Å². The van der Waals surface area contributed by atoms with Crippen molar-refractivity contribution in [2.45, 2.75) is 38.9 Å². The third kappa shape index (κ3) is 3.12. The maximum Gasteiger partial charge on any atom is 0.132 e. The molecular formula is C15H21F2NO. The van der Waals surface area contributed by atoms with Gasteiger partial charge in [0, 0.05) is 13.1 Å². The minimum atomic E-state index is -0.541. The van der Waals surface area contributed by atoms with Crippen LogP contribution < -0.4 is 5.32 Å². The molecular weight excluding hydrogens is 248 g/mol. The van der Waals surface area contributed by atoms with E-state index in [4.69, 9.17) is 4.74 Å². The van der Waals surface area contributed by atoms with Crippen molar-refractivity contribution in [3.8, 4) is 0 Å². The highest BCUT2D eigenvalue weighted by atomic mass is 19.1. The number of hydrogen-bond acceptors (Lipinski definition) is 2. The van der Waals surface area contributed by atoms with E-state index in [0.717, 1.165) is 19.4 Å². The van der Waals surface area contributed by atoms with Gasteiger partial charge >= 0.3 is 0 Å². The average Bonchev–Trinajstić information content (AvgIpc) is 2.40. The second-order valence-electron chi connectivity index (χ2n) is 5.03. The highest BCUT2D eigenvalue weighted by molar-refractivity contribution is 5.23. The van der Waals surface area contributed by atoms with E-state index in [1.165, 1.54) is 18.2 Å². The Kier molecular flexibility index (Phi) is 4.88. The van der Waals surface area contributed by atoms with Crippen molar-refractivity contribution in [1.29, 1.82) is 0 Å². The van der Waals surface area contributed by atoms with Crippen molar-refractivity contribution < 1.29 is 13.5 Å². The first kappa shape index (κ1) is 14.4. The van der Waals surface area contributed by atoms with Gasteiger partial charge in [0.25, 0.3) is 0 Å². The Morgan fingerprint density at radius 1 is 1.21 bits per heavy atom. The number of halogens is 2. The lowest BCUT2D eigenvalue weighted by molar-refractivity contribution is -0.0713. The Balaban J connectivity index is 2.17. The lowest BCUT2D eigenvalue weighted by Crippen LogP contribution is -2.44. The van der Waals surface area contributed by atoms with Crippen LogP contribution in [-0.2, 0) is 4.74 Å². The number of rotatable bonds is 4. The Labute approximate surface area is 113 Å². The lowest BCUT2D eigenvalue weighted by Gasteiger charge is -2.35. The van der Waals surface area contributed by atoms with Gasteiger partial charge in [-0.3, -0.25) is 0 Å². The second kappa shape index (κ2) is 6.44. The van der Waals surface area contributed by atoms with Gasteiger partial charge < -0.3 is 10.1 Å². The normalized spacial score (nSPS) is 23.8. The van der Waals surface area contributed by atoms with Crippen molar-refractivity contribution in [2.24, 2.45) is 5.92 Å². The maximum absolute atomic E-state index is 13.8. The first-order valence-corrected chi connectivity index (χ1v) is 6.97. The van der Waals surface area contributed by atoms with Gasteiger partial charge in [0.05, 0.1) is 11.7 Å². The Morgan fingerprint density at radius 3 is 2.42 bits per heavy atom. The summed E-state index contributed by atoms with van der Waals surface area (Å²) in [6.45, 7) is 5.43. The summed E-state index contributed by atoms with van der Waals surface area (Å²) in [5.74, 6) is -0.640. The topological polar surface area (TPSA) is 21.3 Å². The average molecular weight is 269 g/mol. The molecule has 1 N–H and O–H groups in total. The summed E-state index contributed by atoms with van der Waals surface area (Å²) in [7, 11) is 0. The fraction of sp³-hybridized carbons (Fsp3) is 0.600. The van der Waals surface area contributed by atoms with E-state index in [2.05, 4.69) is 19.2 Å². The fourth-order valence-electron chi connectivity index (χ4n) is 2.74. The summed E-state index contributed by atoms with van der Waals surface area (Å²) in [5.41, 5.74) is 0.0469. The molecule has 1 saturated heterocycles. The van der Waals surface area contributed by atoms with E-state index in [1.807, 2.05) is 0 Å². The summed E-state index contributed by atoms with van der Waals surface area (Å²) in [6, 6.07) is 3.94. The van der Waals surface area contributed by atoms with Crippen LogP contribution in [0.3, 0.4) is 0 Å². The first-order chi connectivity index (χ1) is 9.17. The number of benzene rings is 1. The van der Waals surface area contributed by atoms with Crippen LogP contribution in [0.1, 0.15) is 38.4 Å². The van der Waals surface area contributed by atoms with Gasteiger partial charge in [-0.25, -0.2) is 8.78 Å². The summed E-state index contributed by atoms with van der Waals surface area (Å²) in [6.07, 6.45) is 1.50. The standard InChI is InChI=1S/C15H21F2NO/c1-3-10(4-2)13-8-18-9-14(19-13)15-11(16)6-5-7-12(15)17/h5-7,10,13-14,18H,3-4,8-9H2,1-2H3. The van der Waals surface area contributed by atoms with Gasteiger partial charge in [-0.1, -0.05) is 32.8 Å². The molecule has 0 saturated carbocycles. The molecule has 0 bridgehead atoms. The Hall–Kier alpha value is -1.00. The number of hydrogen-bond donors (Lipinski definition) is 1. The predicted molar refractivity (Wildman–Crippen MR) is 70.9 cm³/mol. The van der Waals surface area contributed by atoms with Crippen LogP contribution in [0.25, 0.3) is 0 Å². The quantitative estimate of drug-likeness (QED) is 0.904. The highest BCUT2D eigenvalue weighted by Gasteiger charge is 2.30. The van der Waals surface area contributed by atoms with Crippen molar-refractivity contribution in [1.82, 2.24) is 5.32 Å². The smallest absolute Gasteiger partial charge is 0.132 e. The van der Waals surface area contributed by atoms with Gasteiger partial charge in [0.15, 0.2) is 0 Å². The van der Waals surface area contributed by atoms with Crippen LogP contribution in [0, 0.1) is 17.6 Å². The molecule has 0 aliphatic carbocycles. The summed E-state index contributed by atoms with van der Waals surface area (Å²) in [5, 5.41) is 3.23. The Morgan fingerprint density at radius 2 is 1.84 bits per heavy atom. The third-order valence-corrected chi connectivity index (χ3v) is 3.91. The molecule has 1 fully saturated rings. The number of morpholine rings is 1. The first-order valence-electron chi connectivity index (χ1n) is 6.97. The Bertz CT molecular complexity index is 400. The van der Waals surface area contributed by atoms with Gasteiger partial charge in [-0.05, 0) is 18.1 Å². The molecule has 0 amide bonds. The molecule has 1 aliphatic heterocycles. The van der Waals surface area contributed by atoms with E-state index >= 15 is 0 Å². The largest absolute Gasteiger partial charge is 0.367 e. The van der Waals surface area contributed by atoms with E-state index in [0.29, 0.717) is 12.5 Å². The maximum atomic E-state index is 13.8. The van der Waals surface area contributed by atoms with Gasteiger partial charge in [0.1, 0.15) is 17.7 Å². The molecule has 1 aliphatic rings. The van der Waals surface area contributed by atoms with E-state index in [9.17, 15) is 8.78 Å². The van der Waals surface area contributed by atoms with Crippen LogP contribution in [0.4, 0.5) is 8.78 Å². The summed E-state index contributed by atoms with van der Waals surface area (Å²) < 4.78 is 33.5. The zero-order valence-electron chi connectivity index (χ0n) is 11.5. The molecule has 19 heavy (non-hydrogen) atoms. The van der Waals surface area contributed by atoms with Crippen molar-refractivity contribution in [3.05, 3.63) is 35.4 Å². The predicted octanol–water partition coefficient (Wildman–Crippen LogP) is 3.43. The highest BCUT2D eigenvalue weighted by Crippen LogP contribution is 2.30.